The maximum absolute atomic E-state index is 11.0. The largest absolute Gasteiger partial charge is 0.383 e. The molecule has 0 amide bonds. The molecule has 0 heterocycles. The van der Waals surface area contributed by atoms with Gasteiger partial charge in [-0.2, -0.15) is 0 Å². The van der Waals surface area contributed by atoms with Crippen LogP contribution in [-0.4, -0.2) is 24.2 Å². The van der Waals surface area contributed by atoms with Crippen molar-refractivity contribution in [3.05, 3.63) is 0 Å². The fraction of sp³-hybridized carbons (Fsp3) is 1.00. The number of hydrogen-bond donors (Lipinski definition) is 1. The van der Waals surface area contributed by atoms with E-state index in [0.717, 1.165) is 0 Å². The van der Waals surface area contributed by atoms with Crippen molar-refractivity contribution in [3.8, 4) is 0 Å². The van der Waals surface area contributed by atoms with E-state index in [2.05, 4.69) is 0 Å². The third-order valence-corrected chi connectivity index (χ3v) is 3.19. The molecule has 0 aromatic carbocycles. The minimum absolute atomic E-state index is 0.388. The summed E-state index contributed by atoms with van der Waals surface area (Å²) in [5.74, 6) is -0.850. The highest BCUT2D eigenvalue weighted by molar-refractivity contribution is 7.58. The molecule has 1 N–H and O–H groups in total. The van der Waals surface area contributed by atoms with Crippen LogP contribution in [0.5, 0.6) is 0 Å². The van der Waals surface area contributed by atoms with E-state index >= 15 is 0 Å². The summed E-state index contributed by atoms with van der Waals surface area (Å²) in [6.07, 6.45) is 0. The van der Waals surface area contributed by atoms with E-state index in [1.165, 1.54) is 13.6 Å². The molecule has 0 aromatic heterocycles. The topological polar surface area (TPSA) is 46.5 Å². The first-order valence-electron chi connectivity index (χ1n) is 2.90. The average molecular weight is 152 g/mol. The van der Waals surface area contributed by atoms with Gasteiger partial charge in [-0.25, -0.2) is 0 Å². The quantitative estimate of drug-likeness (QED) is 0.619. The molecule has 2 unspecified atom stereocenters. The van der Waals surface area contributed by atoms with Gasteiger partial charge < -0.3 is 9.63 Å². The van der Waals surface area contributed by atoms with Crippen molar-refractivity contribution >= 4 is 7.37 Å². The van der Waals surface area contributed by atoms with E-state index < -0.39 is 13.2 Å². The Morgan fingerprint density at radius 1 is 1.78 bits per heavy atom. The van der Waals surface area contributed by atoms with E-state index in [-0.39, 0.29) is 0 Å². The van der Waals surface area contributed by atoms with Gasteiger partial charge >= 0.3 is 0 Å². The summed E-state index contributed by atoms with van der Waals surface area (Å²) in [4.78, 5) is 0. The molecule has 0 radical (unpaired) electrons. The van der Waals surface area contributed by atoms with Crippen LogP contribution >= 0.6 is 7.37 Å². The Balaban J connectivity index is 3.87. The second-order valence-corrected chi connectivity index (χ2v) is 4.78. The van der Waals surface area contributed by atoms with Crippen molar-refractivity contribution in [2.24, 2.45) is 0 Å². The minimum atomic E-state index is -2.71. The number of rotatable bonds is 3. The maximum atomic E-state index is 11.0. The van der Waals surface area contributed by atoms with Crippen molar-refractivity contribution in [1.82, 2.24) is 0 Å². The van der Waals surface area contributed by atoms with E-state index in [4.69, 9.17) is 9.63 Å². The van der Waals surface area contributed by atoms with Crippen LogP contribution in [0.25, 0.3) is 0 Å². The van der Waals surface area contributed by atoms with Crippen molar-refractivity contribution < 1.29 is 14.2 Å². The first-order chi connectivity index (χ1) is 4.00. The highest BCUT2D eigenvalue weighted by atomic mass is 31.2. The van der Waals surface area contributed by atoms with Crippen LogP contribution in [0.2, 0.25) is 0 Å². The number of aliphatic hydroxyl groups excluding tert-OH is 1. The lowest BCUT2D eigenvalue weighted by Crippen LogP contribution is -2.03. The predicted molar refractivity (Wildman–Crippen MR) is 36.8 cm³/mol. The first-order valence-corrected chi connectivity index (χ1v) is 5.04. The van der Waals surface area contributed by atoms with Crippen molar-refractivity contribution in [2.45, 2.75) is 19.7 Å². The molecule has 4 heteroatoms. The molecule has 0 fully saturated rings. The minimum Gasteiger partial charge on any atom is -0.383 e. The van der Waals surface area contributed by atoms with Gasteiger partial charge in [0, 0.05) is 6.66 Å². The van der Waals surface area contributed by atoms with Crippen LogP contribution in [0.3, 0.4) is 0 Å². The Kier molecular flexibility index (Phi) is 3.41. The maximum Gasteiger partial charge on any atom is 0.227 e. The summed E-state index contributed by atoms with van der Waals surface area (Å²) in [6, 6.07) is 0. The first kappa shape index (κ1) is 9.15. The molecule has 9 heavy (non-hydrogen) atoms. The zero-order valence-corrected chi connectivity index (χ0v) is 6.89. The van der Waals surface area contributed by atoms with Gasteiger partial charge in [0.15, 0.2) is 0 Å². The SMILES string of the molecule is CCOP(C)(=O)C(C)O. The summed E-state index contributed by atoms with van der Waals surface area (Å²) >= 11 is 0. The summed E-state index contributed by atoms with van der Waals surface area (Å²) < 4.78 is 15.8. The molecular formula is C5H13O3P. The van der Waals surface area contributed by atoms with Crippen LogP contribution < -0.4 is 0 Å². The molecule has 0 rings (SSSR count). The van der Waals surface area contributed by atoms with Crippen molar-refractivity contribution in [1.29, 1.82) is 0 Å². The molecule has 0 aromatic rings. The van der Waals surface area contributed by atoms with Gasteiger partial charge in [0.1, 0.15) is 5.85 Å². The zero-order valence-electron chi connectivity index (χ0n) is 6.00. The van der Waals surface area contributed by atoms with Gasteiger partial charge in [-0.05, 0) is 13.8 Å². The molecule has 0 aliphatic carbocycles. The Morgan fingerprint density at radius 3 is 2.33 bits per heavy atom. The van der Waals surface area contributed by atoms with Crippen LogP contribution in [0.4, 0.5) is 0 Å². The third-order valence-electron chi connectivity index (χ3n) is 1.06. The average Bonchev–Trinajstić information content (AvgIpc) is 1.65. The summed E-state index contributed by atoms with van der Waals surface area (Å²) in [5, 5.41) is 8.82. The lowest BCUT2D eigenvalue weighted by Gasteiger charge is -2.14. The molecule has 56 valence electrons. The van der Waals surface area contributed by atoms with Gasteiger partial charge in [-0.3, -0.25) is 4.57 Å². The third kappa shape index (κ3) is 2.99. The Bertz CT molecular complexity index is 121. The molecule has 0 spiro atoms. The van der Waals surface area contributed by atoms with Gasteiger partial charge in [-0.15, -0.1) is 0 Å². The highest BCUT2D eigenvalue weighted by Crippen LogP contribution is 2.46. The summed E-state index contributed by atoms with van der Waals surface area (Å²) in [6.45, 7) is 5.04. The highest BCUT2D eigenvalue weighted by Gasteiger charge is 2.21. The molecule has 0 saturated heterocycles. The lowest BCUT2D eigenvalue weighted by molar-refractivity contribution is 0.227. The Morgan fingerprint density at radius 2 is 2.22 bits per heavy atom. The molecule has 0 aliphatic rings. The van der Waals surface area contributed by atoms with E-state index in [1.54, 1.807) is 6.92 Å². The lowest BCUT2D eigenvalue weighted by atomic mass is 10.9. The van der Waals surface area contributed by atoms with Crippen LogP contribution in [-0.2, 0) is 9.09 Å². The Labute approximate surface area is 55.5 Å². The molecule has 0 saturated carbocycles. The second kappa shape index (κ2) is 3.35. The zero-order chi connectivity index (χ0) is 7.49. The van der Waals surface area contributed by atoms with Gasteiger partial charge in [-0.1, -0.05) is 0 Å². The molecule has 3 nitrogen and oxygen atoms in total. The normalized spacial score (nSPS) is 20.9. The molecule has 0 aliphatic heterocycles. The van der Waals surface area contributed by atoms with E-state index in [0.29, 0.717) is 6.61 Å². The van der Waals surface area contributed by atoms with E-state index in [9.17, 15) is 4.57 Å². The monoisotopic (exact) mass is 152 g/mol. The smallest absolute Gasteiger partial charge is 0.227 e. The molecular weight excluding hydrogens is 139 g/mol. The van der Waals surface area contributed by atoms with Crippen LogP contribution in [0.1, 0.15) is 13.8 Å². The van der Waals surface area contributed by atoms with E-state index in [1.807, 2.05) is 0 Å². The second-order valence-electron chi connectivity index (χ2n) is 1.96. The fourth-order valence-electron chi connectivity index (χ4n) is 0.364. The molecule has 0 bridgehead atoms. The van der Waals surface area contributed by atoms with Crippen LogP contribution in [0, 0.1) is 0 Å². The fourth-order valence-corrected chi connectivity index (χ4v) is 1.09. The van der Waals surface area contributed by atoms with Crippen molar-refractivity contribution in [3.63, 3.8) is 0 Å². The number of hydrogen-bond acceptors (Lipinski definition) is 3. The summed E-state index contributed by atoms with van der Waals surface area (Å²) in [7, 11) is -2.71. The standard InChI is InChI=1S/C5H13O3P/c1-4-8-9(3,7)5(2)6/h5-6H,4H2,1-3H3. The van der Waals surface area contributed by atoms with Gasteiger partial charge in [0.25, 0.3) is 0 Å². The number of aliphatic hydroxyl groups is 1. The van der Waals surface area contributed by atoms with Gasteiger partial charge in [0.2, 0.25) is 7.37 Å². The van der Waals surface area contributed by atoms with Gasteiger partial charge in [0.05, 0.1) is 6.61 Å². The molecule has 2 atom stereocenters. The Hall–Kier alpha value is 0.150. The van der Waals surface area contributed by atoms with Crippen molar-refractivity contribution in [2.75, 3.05) is 13.3 Å². The summed E-state index contributed by atoms with van der Waals surface area (Å²) in [5.41, 5.74) is 0. The van der Waals surface area contributed by atoms with Crippen LogP contribution in [0.15, 0.2) is 0 Å². The predicted octanol–water partition coefficient (Wildman–Crippen LogP) is 1.27.